The van der Waals surface area contributed by atoms with Crippen molar-refractivity contribution in [2.24, 2.45) is 0 Å². The van der Waals surface area contributed by atoms with Crippen molar-refractivity contribution in [3.8, 4) is 101 Å². The number of aromatic nitrogens is 5. The van der Waals surface area contributed by atoms with Gasteiger partial charge >= 0.3 is 6.18 Å². The van der Waals surface area contributed by atoms with Crippen molar-refractivity contribution in [3.63, 3.8) is 0 Å². The lowest BCUT2D eigenvalue weighted by Crippen LogP contribution is -2.10. The fraction of sp³-hybridized carbons (Fsp3) is 0.107. The highest BCUT2D eigenvalue weighted by atomic mass is 19.4. The maximum atomic E-state index is 16.6. The number of nitrogens with zero attached hydrogens (tertiary/aromatic N) is 5. The Hall–Kier alpha value is -11.0. The van der Waals surface area contributed by atoms with Crippen LogP contribution in [0.25, 0.3) is 145 Å². The Labute approximate surface area is 533 Å². The van der Waals surface area contributed by atoms with Crippen LogP contribution in [0.15, 0.2) is 243 Å². The van der Waals surface area contributed by atoms with Crippen LogP contribution in [0.4, 0.5) is 13.2 Å². The molecule has 3 heterocycles. The van der Waals surface area contributed by atoms with Crippen molar-refractivity contribution in [1.29, 1.82) is 0 Å². The monoisotopic (exact) mass is 1200 g/mol. The van der Waals surface area contributed by atoms with E-state index in [2.05, 4.69) is 210 Å². The normalized spacial score (nSPS) is 11.9. The van der Waals surface area contributed by atoms with Crippen molar-refractivity contribution in [3.05, 3.63) is 293 Å². The summed E-state index contributed by atoms with van der Waals surface area (Å²) in [6, 6.07) is 82.1. The zero-order chi connectivity index (χ0) is 63.3. The van der Waals surface area contributed by atoms with Gasteiger partial charge in [0.25, 0.3) is 0 Å². The van der Waals surface area contributed by atoms with Gasteiger partial charge in [0.2, 0.25) is 0 Å². The quantitative estimate of drug-likeness (QED) is 0.137. The summed E-state index contributed by atoms with van der Waals surface area (Å²) in [7, 11) is 0. The summed E-state index contributed by atoms with van der Waals surface area (Å²) >= 11 is 0. The van der Waals surface area contributed by atoms with Crippen LogP contribution < -0.4 is 0 Å². The first kappa shape index (κ1) is 57.5. The Morgan fingerprint density at radius 3 is 0.935 bits per heavy atom. The van der Waals surface area contributed by atoms with Crippen LogP contribution >= 0.6 is 0 Å². The lowest BCUT2D eigenvalue weighted by atomic mass is 9.94. The van der Waals surface area contributed by atoms with E-state index in [-0.39, 0.29) is 5.56 Å². The zero-order valence-electron chi connectivity index (χ0n) is 52.5. The Morgan fingerprint density at radius 1 is 0.261 bits per heavy atom. The van der Waals surface area contributed by atoms with Crippen molar-refractivity contribution < 1.29 is 13.2 Å². The number of aryl methyl sites for hydroxylation is 8. The Balaban J connectivity index is 1.03. The first-order valence-electron chi connectivity index (χ1n) is 31.2. The number of fused-ring (bicyclic) bond motifs is 6. The van der Waals surface area contributed by atoms with Crippen LogP contribution in [-0.2, 0) is 6.18 Å². The summed E-state index contributed by atoms with van der Waals surface area (Å²) < 4.78 is 54.1. The largest absolute Gasteiger partial charge is 0.417 e. The van der Waals surface area contributed by atoms with E-state index in [9.17, 15) is 0 Å². The van der Waals surface area contributed by atoms with Crippen LogP contribution in [0.1, 0.15) is 50.1 Å². The van der Waals surface area contributed by atoms with E-state index in [0.29, 0.717) is 40.0 Å². The Kier molecular flexibility index (Phi) is 14.1. The first-order chi connectivity index (χ1) is 44.4. The van der Waals surface area contributed by atoms with E-state index in [1.54, 1.807) is 12.1 Å². The van der Waals surface area contributed by atoms with E-state index < -0.39 is 11.7 Å². The molecule has 0 N–H and O–H groups in total. The zero-order valence-corrected chi connectivity index (χ0v) is 52.5. The molecule has 8 heteroatoms. The summed E-state index contributed by atoms with van der Waals surface area (Å²) in [6.07, 6.45) is -4.79. The number of hydrogen-bond donors (Lipinski definition) is 0. The maximum absolute atomic E-state index is 16.6. The van der Waals surface area contributed by atoms with Crippen LogP contribution in [0.5, 0.6) is 0 Å². The van der Waals surface area contributed by atoms with Crippen LogP contribution in [0.3, 0.4) is 0 Å². The van der Waals surface area contributed by atoms with Gasteiger partial charge in [-0.25, -0.2) is 15.0 Å². The van der Waals surface area contributed by atoms with E-state index in [4.69, 9.17) is 15.0 Å². The molecule has 0 spiro atoms. The van der Waals surface area contributed by atoms with Gasteiger partial charge in [-0.3, -0.25) is 0 Å². The van der Waals surface area contributed by atoms with Gasteiger partial charge in [0.05, 0.1) is 33.3 Å². The second-order valence-electron chi connectivity index (χ2n) is 25.1. The molecule has 5 nitrogen and oxygen atoms in total. The second kappa shape index (κ2) is 22.5. The minimum absolute atomic E-state index is 0.00473. The third kappa shape index (κ3) is 10.6. The molecule has 0 radical (unpaired) electrons. The van der Waals surface area contributed by atoms with Gasteiger partial charge in [-0.15, -0.1) is 0 Å². The van der Waals surface area contributed by atoms with Crippen LogP contribution in [-0.4, -0.2) is 24.1 Å². The molecular weight excluding hydrogens is 1140 g/mol. The summed E-state index contributed by atoms with van der Waals surface area (Å²) in [5, 5.41) is 3.89. The topological polar surface area (TPSA) is 48.5 Å². The van der Waals surface area contributed by atoms with Crippen LogP contribution in [0, 0.1) is 55.4 Å². The average molecular weight is 1200 g/mol. The minimum atomic E-state index is -4.79. The molecule has 15 rings (SSSR count). The predicted octanol–water partition coefficient (Wildman–Crippen LogP) is 22.9. The van der Waals surface area contributed by atoms with Gasteiger partial charge in [-0.2, -0.15) is 13.2 Å². The van der Waals surface area contributed by atoms with Gasteiger partial charge in [-0.05, 0) is 190 Å². The highest BCUT2D eigenvalue weighted by molar-refractivity contribution is 6.14. The molecule has 0 atom stereocenters. The molecule has 92 heavy (non-hydrogen) atoms. The SMILES string of the molecule is Cc1cc(C)cc(-c2ccc3c(c2)c2cc(-c4cc(C)cc(C)c4)ccc2n3-c2ccc(C(F)(F)F)c(-c3cc(-c4nc(-c5ccccc5)nc(-c5ccccc5)n4)ccc3-n3c4ccc(-c5cc(C)cc(C)c5)cc4c4cc(-c5cc(C)cc(C)c5)ccc43)c2)c1. The molecule has 0 saturated heterocycles. The number of hydrogen-bond acceptors (Lipinski definition) is 3. The highest BCUT2D eigenvalue weighted by Gasteiger charge is 2.35. The average Bonchev–Trinajstić information content (AvgIpc) is 1.58. The third-order valence-electron chi connectivity index (χ3n) is 17.8. The first-order valence-corrected chi connectivity index (χ1v) is 31.2. The molecule has 446 valence electrons. The van der Waals surface area contributed by atoms with E-state index >= 15 is 13.2 Å². The number of halogens is 3. The van der Waals surface area contributed by atoms with Crippen molar-refractivity contribution in [2.45, 2.75) is 61.6 Å². The van der Waals surface area contributed by atoms with Crippen LogP contribution in [0.2, 0.25) is 0 Å². The molecule has 0 saturated carbocycles. The predicted molar refractivity (Wildman–Crippen MR) is 375 cm³/mol. The molecule has 12 aromatic carbocycles. The molecule has 15 aromatic rings. The fourth-order valence-corrected chi connectivity index (χ4v) is 14.0. The number of benzene rings is 12. The third-order valence-corrected chi connectivity index (χ3v) is 17.8. The van der Waals surface area contributed by atoms with Crippen molar-refractivity contribution in [2.75, 3.05) is 0 Å². The fourth-order valence-electron chi connectivity index (χ4n) is 14.0. The Morgan fingerprint density at radius 2 is 0.587 bits per heavy atom. The van der Waals surface area contributed by atoms with Gasteiger partial charge in [-0.1, -0.05) is 202 Å². The lowest BCUT2D eigenvalue weighted by molar-refractivity contribution is -0.137. The van der Waals surface area contributed by atoms with Crippen molar-refractivity contribution in [1.82, 2.24) is 24.1 Å². The van der Waals surface area contributed by atoms with E-state index in [1.165, 1.54) is 6.07 Å². The lowest BCUT2D eigenvalue weighted by Gasteiger charge is -2.21. The molecular formula is C84H64F3N5. The van der Waals surface area contributed by atoms with Gasteiger partial charge in [0.1, 0.15) is 0 Å². The van der Waals surface area contributed by atoms with E-state index in [1.807, 2.05) is 78.9 Å². The highest BCUT2D eigenvalue weighted by Crippen LogP contribution is 2.47. The molecule has 3 aromatic heterocycles. The standard InChI is InChI=1S/C84H64F3N5/c1-49-31-50(2)36-64(35-49)59-19-26-76-71(43-59)72-44-60(65-37-51(3)32-52(4)38-65)20-27-77(72)91(76)68-24-25-75(84(85,86)87)69(48-68)70-47-63(83-89-81(57-15-11-9-12-16-57)88-82(90-83)58-17-13-10-14-18-58)23-30-78(70)92-79-28-21-61(66-39-53(5)33-54(6)40-66)45-73(79)74-46-62(22-29-80(74)92)67-41-55(7)34-56(8)42-67/h9-48H,1-8H3. The Bertz CT molecular complexity index is 5120. The summed E-state index contributed by atoms with van der Waals surface area (Å²) in [5.41, 5.74) is 23.9. The molecule has 0 unspecified atom stereocenters. The smallest absolute Gasteiger partial charge is 0.309 e. The van der Waals surface area contributed by atoms with Gasteiger partial charge in [0, 0.05) is 49.5 Å². The second-order valence-corrected chi connectivity index (χ2v) is 25.1. The number of alkyl halides is 3. The van der Waals surface area contributed by atoms with E-state index in [0.717, 1.165) is 144 Å². The summed E-state index contributed by atoms with van der Waals surface area (Å²) in [6.45, 7) is 16.9. The summed E-state index contributed by atoms with van der Waals surface area (Å²) in [5.74, 6) is 1.19. The minimum Gasteiger partial charge on any atom is -0.309 e. The molecule has 0 aliphatic rings. The summed E-state index contributed by atoms with van der Waals surface area (Å²) in [4.78, 5) is 15.3. The molecule has 0 aliphatic heterocycles. The van der Waals surface area contributed by atoms with Gasteiger partial charge in [0.15, 0.2) is 17.5 Å². The van der Waals surface area contributed by atoms with Crippen molar-refractivity contribution >= 4 is 43.6 Å². The molecule has 0 fully saturated rings. The van der Waals surface area contributed by atoms with Gasteiger partial charge < -0.3 is 9.13 Å². The molecule has 0 amide bonds. The molecule has 0 bridgehead atoms. The molecule has 0 aliphatic carbocycles. The maximum Gasteiger partial charge on any atom is 0.417 e. The number of rotatable bonds is 10.